The first-order chi connectivity index (χ1) is 9.95. The van der Waals surface area contributed by atoms with E-state index in [1.165, 1.54) is 6.07 Å². The van der Waals surface area contributed by atoms with Gasteiger partial charge in [0.15, 0.2) is 5.82 Å². The largest absolute Gasteiger partial charge is 0.396 e. The molecule has 0 aliphatic heterocycles. The van der Waals surface area contributed by atoms with Crippen molar-refractivity contribution in [2.24, 2.45) is 0 Å². The van der Waals surface area contributed by atoms with Gasteiger partial charge in [0.2, 0.25) is 0 Å². The SMILES string of the molecule is Cc1cccc(NC(=O)c2c(F)ccc(N)c2F)c1C#N. The molecule has 0 saturated carbocycles. The van der Waals surface area contributed by atoms with E-state index in [0.717, 1.165) is 12.1 Å². The van der Waals surface area contributed by atoms with Gasteiger partial charge in [0.05, 0.1) is 16.9 Å². The summed E-state index contributed by atoms with van der Waals surface area (Å²) in [4.78, 5) is 12.0. The lowest BCUT2D eigenvalue weighted by Crippen LogP contribution is -2.17. The molecule has 2 aromatic carbocycles. The van der Waals surface area contributed by atoms with E-state index in [9.17, 15) is 13.6 Å². The third-order valence-electron chi connectivity index (χ3n) is 2.98. The molecule has 0 aliphatic carbocycles. The molecule has 0 heterocycles. The number of anilines is 2. The molecular formula is C15H11F2N3O. The summed E-state index contributed by atoms with van der Waals surface area (Å²) in [6.45, 7) is 1.69. The van der Waals surface area contributed by atoms with E-state index in [2.05, 4.69) is 5.32 Å². The topological polar surface area (TPSA) is 78.9 Å². The zero-order valence-electron chi connectivity index (χ0n) is 11.1. The van der Waals surface area contributed by atoms with Crippen molar-refractivity contribution >= 4 is 17.3 Å². The van der Waals surface area contributed by atoms with Gasteiger partial charge in [-0.3, -0.25) is 4.79 Å². The maximum absolute atomic E-state index is 13.8. The van der Waals surface area contributed by atoms with Crippen LogP contribution in [0.15, 0.2) is 30.3 Å². The lowest BCUT2D eigenvalue weighted by molar-refractivity contribution is 0.101. The fourth-order valence-corrected chi connectivity index (χ4v) is 1.88. The van der Waals surface area contributed by atoms with Crippen LogP contribution < -0.4 is 11.1 Å². The maximum Gasteiger partial charge on any atom is 0.261 e. The molecule has 0 aliphatic rings. The number of carbonyl (C=O) groups is 1. The smallest absolute Gasteiger partial charge is 0.261 e. The van der Waals surface area contributed by atoms with Crippen LogP contribution in [0.1, 0.15) is 21.5 Å². The van der Waals surface area contributed by atoms with Crippen molar-refractivity contribution in [3.05, 3.63) is 58.7 Å². The third kappa shape index (κ3) is 2.67. The summed E-state index contributed by atoms with van der Waals surface area (Å²) in [5.41, 5.74) is 5.28. The van der Waals surface area contributed by atoms with Gasteiger partial charge in [0, 0.05) is 0 Å². The number of hydrogen-bond donors (Lipinski definition) is 2. The van der Waals surface area contributed by atoms with Crippen LogP contribution in [0, 0.1) is 29.9 Å². The van der Waals surface area contributed by atoms with Crippen LogP contribution in [0.3, 0.4) is 0 Å². The molecule has 0 atom stereocenters. The van der Waals surface area contributed by atoms with E-state index in [-0.39, 0.29) is 16.9 Å². The second kappa shape index (κ2) is 5.59. The zero-order valence-corrected chi connectivity index (χ0v) is 11.1. The number of nitriles is 1. The number of aryl methyl sites for hydroxylation is 1. The van der Waals surface area contributed by atoms with Gasteiger partial charge in [-0.05, 0) is 30.7 Å². The summed E-state index contributed by atoms with van der Waals surface area (Å²) < 4.78 is 27.4. The summed E-state index contributed by atoms with van der Waals surface area (Å²) in [5.74, 6) is -3.15. The van der Waals surface area contributed by atoms with Gasteiger partial charge in [-0.1, -0.05) is 12.1 Å². The van der Waals surface area contributed by atoms with E-state index in [1.807, 2.05) is 6.07 Å². The van der Waals surface area contributed by atoms with Crippen molar-refractivity contribution < 1.29 is 13.6 Å². The van der Waals surface area contributed by atoms with Crippen LogP contribution in [0.25, 0.3) is 0 Å². The number of amides is 1. The highest BCUT2D eigenvalue weighted by Gasteiger charge is 2.20. The minimum atomic E-state index is -1.13. The molecule has 2 rings (SSSR count). The molecule has 0 saturated heterocycles. The Morgan fingerprint density at radius 1 is 1.29 bits per heavy atom. The standard InChI is InChI=1S/C15H11F2N3O/c1-8-3-2-4-12(9(8)7-18)20-15(21)13-10(16)5-6-11(19)14(13)17/h2-6H,19H2,1H3,(H,20,21). The van der Waals surface area contributed by atoms with Crippen LogP contribution >= 0.6 is 0 Å². The fraction of sp³-hybridized carbons (Fsp3) is 0.0667. The molecule has 0 unspecified atom stereocenters. The zero-order chi connectivity index (χ0) is 15.6. The van der Waals surface area contributed by atoms with E-state index >= 15 is 0 Å². The number of nitrogens with two attached hydrogens (primary N) is 1. The quantitative estimate of drug-likeness (QED) is 0.833. The van der Waals surface area contributed by atoms with Gasteiger partial charge in [-0.2, -0.15) is 5.26 Å². The van der Waals surface area contributed by atoms with Gasteiger partial charge < -0.3 is 11.1 Å². The van der Waals surface area contributed by atoms with Gasteiger partial charge >= 0.3 is 0 Å². The molecular weight excluding hydrogens is 276 g/mol. The van der Waals surface area contributed by atoms with E-state index in [4.69, 9.17) is 11.0 Å². The Morgan fingerprint density at radius 3 is 2.67 bits per heavy atom. The molecule has 2 aromatic rings. The van der Waals surface area contributed by atoms with Crippen molar-refractivity contribution in [3.63, 3.8) is 0 Å². The van der Waals surface area contributed by atoms with Crippen molar-refractivity contribution in [2.75, 3.05) is 11.1 Å². The molecule has 0 spiro atoms. The summed E-state index contributed by atoms with van der Waals surface area (Å²) in [7, 11) is 0. The summed E-state index contributed by atoms with van der Waals surface area (Å²) in [6, 6.07) is 8.67. The molecule has 6 heteroatoms. The van der Waals surface area contributed by atoms with Crippen molar-refractivity contribution in [2.45, 2.75) is 6.92 Å². The first-order valence-corrected chi connectivity index (χ1v) is 6.00. The lowest BCUT2D eigenvalue weighted by Gasteiger charge is -2.10. The normalized spacial score (nSPS) is 10.0. The van der Waals surface area contributed by atoms with Crippen LogP contribution in [0.2, 0.25) is 0 Å². The van der Waals surface area contributed by atoms with Gasteiger partial charge in [-0.15, -0.1) is 0 Å². The van der Waals surface area contributed by atoms with Crippen LogP contribution in [-0.4, -0.2) is 5.91 Å². The first kappa shape index (κ1) is 14.5. The lowest BCUT2D eigenvalue weighted by atomic mass is 10.1. The highest BCUT2D eigenvalue weighted by molar-refractivity contribution is 6.05. The van der Waals surface area contributed by atoms with Crippen molar-refractivity contribution in [1.29, 1.82) is 5.26 Å². The van der Waals surface area contributed by atoms with Gasteiger partial charge in [0.1, 0.15) is 17.4 Å². The number of nitrogens with one attached hydrogen (secondary N) is 1. The van der Waals surface area contributed by atoms with Crippen molar-refractivity contribution in [1.82, 2.24) is 0 Å². The van der Waals surface area contributed by atoms with Crippen molar-refractivity contribution in [3.8, 4) is 6.07 Å². The van der Waals surface area contributed by atoms with Crippen LogP contribution in [0.4, 0.5) is 20.2 Å². The maximum atomic E-state index is 13.8. The Bertz CT molecular complexity index is 766. The number of nitrogen functional groups attached to an aromatic ring is 1. The second-order valence-electron chi connectivity index (χ2n) is 4.39. The molecule has 0 fully saturated rings. The summed E-state index contributed by atoms with van der Waals surface area (Å²) in [6.07, 6.45) is 0. The predicted octanol–water partition coefficient (Wildman–Crippen LogP) is 2.98. The number of halogens is 2. The van der Waals surface area contributed by atoms with Crippen LogP contribution in [-0.2, 0) is 0 Å². The minimum absolute atomic E-state index is 0.184. The third-order valence-corrected chi connectivity index (χ3v) is 2.98. The number of carbonyl (C=O) groups excluding carboxylic acids is 1. The van der Waals surface area contributed by atoms with Gasteiger partial charge in [-0.25, -0.2) is 8.78 Å². The fourth-order valence-electron chi connectivity index (χ4n) is 1.88. The van der Waals surface area contributed by atoms with Gasteiger partial charge in [0.25, 0.3) is 5.91 Å². The Hall–Kier alpha value is -2.94. The molecule has 3 N–H and O–H groups in total. The highest BCUT2D eigenvalue weighted by Crippen LogP contribution is 2.22. The Balaban J connectivity index is 2.43. The summed E-state index contributed by atoms with van der Waals surface area (Å²) in [5, 5.41) is 11.4. The molecule has 1 amide bonds. The molecule has 0 aromatic heterocycles. The average Bonchev–Trinajstić information content (AvgIpc) is 2.44. The Labute approximate surface area is 119 Å². The Morgan fingerprint density at radius 2 is 2.00 bits per heavy atom. The number of rotatable bonds is 2. The number of benzene rings is 2. The van der Waals surface area contributed by atoms with E-state index < -0.39 is 23.1 Å². The second-order valence-corrected chi connectivity index (χ2v) is 4.39. The molecule has 106 valence electrons. The number of hydrogen-bond acceptors (Lipinski definition) is 3. The minimum Gasteiger partial charge on any atom is -0.396 e. The van der Waals surface area contributed by atoms with E-state index in [1.54, 1.807) is 19.1 Å². The Kier molecular flexibility index (Phi) is 3.85. The molecule has 21 heavy (non-hydrogen) atoms. The first-order valence-electron chi connectivity index (χ1n) is 6.00. The monoisotopic (exact) mass is 287 g/mol. The molecule has 4 nitrogen and oxygen atoms in total. The average molecular weight is 287 g/mol. The molecule has 0 bridgehead atoms. The van der Waals surface area contributed by atoms with Crippen LogP contribution in [0.5, 0.6) is 0 Å². The highest BCUT2D eigenvalue weighted by atomic mass is 19.1. The molecule has 0 radical (unpaired) electrons. The number of nitrogens with zero attached hydrogens (tertiary/aromatic N) is 1. The van der Waals surface area contributed by atoms with E-state index in [0.29, 0.717) is 5.56 Å². The summed E-state index contributed by atoms with van der Waals surface area (Å²) >= 11 is 0. The predicted molar refractivity (Wildman–Crippen MR) is 74.6 cm³/mol.